The monoisotopic (exact) mass is 269 g/mol. The molecule has 20 heavy (non-hydrogen) atoms. The first-order valence-corrected chi connectivity index (χ1v) is 7.16. The molecule has 1 amide bonds. The predicted molar refractivity (Wildman–Crippen MR) is 78.9 cm³/mol. The van der Waals surface area contributed by atoms with Gasteiger partial charge in [0, 0.05) is 25.1 Å². The summed E-state index contributed by atoms with van der Waals surface area (Å²) in [7, 11) is 0. The van der Waals surface area contributed by atoms with Crippen molar-refractivity contribution in [3.63, 3.8) is 0 Å². The van der Waals surface area contributed by atoms with E-state index in [0.717, 1.165) is 30.8 Å². The molecule has 0 unspecified atom stereocenters. The number of rotatable bonds is 3. The first-order valence-electron chi connectivity index (χ1n) is 7.16. The van der Waals surface area contributed by atoms with Crippen LogP contribution < -0.4 is 4.90 Å². The zero-order valence-electron chi connectivity index (χ0n) is 11.8. The molecule has 0 saturated heterocycles. The molecule has 3 rings (SSSR count). The lowest BCUT2D eigenvalue weighted by Crippen LogP contribution is -2.35. The van der Waals surface area contributed by atoms with E-state index in [-0.39, 0.29) is 5.91 Å². The predicted octanol–water partition coefficient (Wildman–Crippen LogP) is 3.50. The molecule has 1 aromatic carbocycles. The number of fused-ring (bicyclic) bond motifs is 1. The molecule has 2 aromatic rings. The van der Waals surface area contributed by atoms with Crippen molar-refractivity contribution < 1.29 is 9.21 Å². The lowest BCUT2D eigenvalue weighted by Gasteiger charge is -2.29. The van der Waals surface area contributed by atoms with Crippen LogP contribution in [0.5, 0.6) is 0 Å². The van der Waals surface area contributed by atoms with Gasteiger partial charge >= 0.3 is 0 Å². The minimum atomic E-state index is 0.186. The number of carbonyl (C=O) groups excluding carboxylic acids is 1. The number of carbonyl (C=O) groups is 1. The summed E-state index contributed by atoms with van der Waals surface area (Å²) >= 11 is 0. The lowest BCUT2D eigenvalue weighted by molar-refractivity contribution is -0.118. The quantitative estimate of drug-likeness (QED) is 0.854. The Labute approximate surface area is 119 Å². The van der Waals surface area contributed by atoms with Gasteiger partial charge in [0.25, 0.3) is 0 Å². The van der Waals surface area contributed by atoms with Crippen molar-refractivity contribution in [3.8, 4) is 0 Å². The van der Waals surface area contributed by atoms with E-state index >= 15 is 0 Å². The third-order valence-electron chi connectivity index (χ3n) is 3.82. The van der Waals surface area contributed by atoms with Crippen LogP contribution in [-0.4, -0.2) is 12.5 Å². The van der Waals surface area contributed by atoms with Gasteiger partial charge in [-0.1, -0.05) is 17.7 Å². The molecule has 0 N–H and O–H groups in total. The van der Waals surface area contributed by atoms with Gasteiger partial charge in [-0.2, -0.15) is 0 Å². The molecule has 1 aromatic heterocycles. The minimum Gasteiger partial charge on any atom is -0.469 e. The summed E-state index contributed by atoms with van der Waals surface area (Å²) < 4.78 is 5.29. The molecule has 0 fully saturated rings. The Hall–Kier alpha value is -2.03. The van der Waals surface area contributed by atoms with Gasteiger partial charge in [-0.15, -0.1) is 0 Å². The van der Waals surface area contributed by atoms with Crippen molar-refractivity contribution in [2.45, 2.75) is 32.6 Å². The number of amides is 1. The maximum absolute atomic E-state index is 12.4. The molecule has 0 spiro atoms. The number of anilines is 1. The molecule has 0 saturated carbocycles. The van der Waals surface area contributed by atoms with Gasteiger partial charge in [0.15, 0.2) is 0 Å². The topological polar surface area (TPSA) is 33.5 Å². The number of furan rings is 1. The molecule has 2 heterocycles. The van der Waals surface area contributed by atoms with E-state index in [9.17, 15) is 4.79 Å². The highest BCUT2D eigenvalue weighted by molar-refractivity contribution is 5.94. The van der Waals surface area contributed by atoms with Crippen LogP contribution in [-0.2, 0) is 17.6 Å². The Kier molecular flexibility index (Phi) is 3.59. The normalized spacial score (nSPS) is 14.2. The second-order valence-corrected chi connectivity index (χ2v) is 5.36. The Morgan fingerprint density at radius 1 is 1.35 bits per heavy atom. The number of hydrogen-bond donors (Lipinski definition) is 0. The summed E-state index contributed by atoms with van der Waals surface area (Å²) in [6.07, 6.45) is 4.94. The highest BCUT2D eigenvalue weighted by Gasteiger charge is 2.22. The van der Waals surface area contributed by atoms with E-state index in [2.05, 4.69) is 25.1 Å². The summed E-state index contributed by atoms with van der Waals surface area (Å²) in [4.78, 5) is 14.4. The van der Waals surface area contributed by atoms with Crippen LogP contribution in [0.15, 0.2) is 41.0 Å². The maximum Gasteiger partial charge on any atom is 0.227 e. The number of aryl methyl sites for hydroxylation is 3. The number of hydrogen-bond acceptors (Lipinski definition) is 2. The van der Waals surface area contributed by atoms with E-state index in [0.29, 0.717) is 12.8 Å². The molecule has 0 bridgehead atoms. The van der Waals surface area contributed by atoms with Gasteiger partial charge in [0.2, 0.25) is 5.91 Å². The largest absolute Gasteiger partial charge is 0.469 e. The zero-order chi connectivity index (χ0) is 13.9. The van der Waals surface area contributed by atoms with Gasteiger partial charge in [-0.25, -0.2) is 0 Å². The van der Waals surface area contributed by atoms with Crippen molar-refractivity contribution in [3.05, 3.63) is 53.5 Å². The minimum absolute atomic E-state index is 0.186. The van der Waals surface area contributed by atoms with Crippen LogP contribution in [0, 0.1) is 6.92 Å². The van der Waals surface area contributed by atoms with Crippen molar-refractivity contribution in [2.75, 3.05) is 11.4 Å². The van der Waals surface area contributed by atoms with E-state index in [1.807, 2.05) is 17.0 Å². The van der Waals surface area contributed by atoms with E-state index in [4.69, 9.17) is 4.42 Å². The Balaban J connectivity index is 1.73. The fraction of sp³-hybridized carbons (Fsp3) is 0.353. The van der Waals surface area contributed by atoms with Crippen LogP contribution >= 0.6 is 0 Å². The molecule has 3 nitrogen and oxygen atoms in total. The van der Waals surface area contributed by atoms with Crippen molar-refractivity contribution in [1.82, 2.24) is 0 Å². The Morgan fingerprint density at radius 2 is 2.25 bits per heavy atom. The first-order chi connectivity index (χ1) is 9.74. The van der Waals surface area contributed by atoms with Crippen LogP contribution in [0.3, 0.4) is 0 Å². The SMILES string of the molecule is Cc1ccc2c(c1)CCCN2C(=O)CCc1ccco1. The van der Waals surface area contributed by atoms with Crippen LogP contribution in [0.2, 0.25) is 0 Å². The summed E-state index contributed by atoms with van der Waals surface area (Å²) in [5, 5.41) is 0. The fourth-order valence-corrected chi connectivity index (χ4v) is 2.80. The van der Waals surface area contributed by atoms with Gasteiger partial charge in [-0.3, -0.25) is 4.79 Å². The molecule has 1 aliphatic heterocycles. The Bertz CT molecular complexity index is 601. The Morgan fingerprint density at radius 3 is 3.05 bits per heavy atom. The number of nitrogens with zero attached hydrogens (tertiary/aromatic N) is 1. The van der Waals surface area contributed by atoms with Gasteiger partial charge in [0.1, 0.15) is 5.76 Å². The van der Waals surface area contributed by atoms with Gasteiger partial charge < -0.3 is 9.32 Å². The van der Waals surface area contributed by atoms with Crippen molar-refractivity contribution in [1.29, 1.82) is 0 Å². The molecule has 0 radical (unpaired) electrons. The van der Waals surface area contributed by atoms with Crippen LogP contribution in [0.1, 0.15) is 29.7 Å². The summed E-state index contributed by atoms with van der Waals surface area (Å²) in [6.45, 7) is 2.92. The fourth-order valence-electron chi connectivity index (χ4n) is 2.80. The van der Waals surface area contributed by atoms with Crippen molar-refractivity contribution >= 4 is 11.6 Å². The van der Waals surface area contributed by atoms with Crippen LogP contribution in [0.4, 0.5) is 5.69 Å². The van der Waals surface area contributed by atoms with E-state index in [1.54, 1.807) is 6.26 Å². The third-order valence-corrected chi connectivity index (χ3v) is 3.82. The van der Waals surface area contributed by atoms with E-state index in [1.165, 1.54) is 11.1 Å². The molecule has 0 atom stereocenters. The van der Waals surface area contributed by atoms with Gasteiger partial charge in [0.05, 0.1) is 6.26 Å². The molecular weight excluding hydrogens is 250 g/mol. The lowest BCUT2D eigenvalue weighted by atomic mass is 9.99. The third kappa shape index (κ3) is 2.62. The molecular formula is C17H19NO2. The summed E-state index contributed by atoms with van der Waals surface area (Å²) in [5.74, 6) is 1.06. The summed E-state index contributed by atoms with van der Waals surface area (Å²) in [6, 6.07) is 10.1. The average Bonchev–Trinajstić information content (AvgIpc) is 2.97. The first kappa shape index (κ1) is 13.0. The maximum atomic E-state index is 12.4. The summed E-state index contributed by atoms with van der Waals surface area (Å²) in [5.41, 5.74) is 3.64. The van der Waals surface area contributed by atoms with E-state index < -0.39 is 0 Å². The highest BCUT2D eigenvalue weighted by Crippen LogP contribution is 2.28. The average molecular weight is 269 g/mol. The van der Waals surface area contributed by atoms with Crippen molar-refractivity contribution in [2.24, 2.45) is 0 Å². The molecule has 3 heteroatoms. The molecule has 0 aliphatic carbocycles. The number of benzene rings is 1. The smallest absolute Gasteiger partial charge is 0.227 e. The molecule has 1 aliphatic rings. The van der Waals surface area contributed by atoms with Gasteiger partial charge in [-0.05, 0) is 43.5 Å². The zero-order valence-corrected chi connectivity index (χ0v) is 11.8. The second kappa shape index (κ2) is 5.53. The van der Waals surface area contributed by atoms with Crippen LogP contribution in [0.25, 0.3) is 0 Å². The molecule has 104 valence electrons. The highest BCUT2D eigenvalue weighted by atomic mass is 16.3. The second-order valence-electron chi connectivity index (χ2n) is 5.36. The standard InChI is InChI=1S/C17H19NO2/c1-13-6-8-16-14(12-13)4-2-10-18(16)17(19)9-7-15-5-3-11-20-15/h3,5-6,8,11-12H,2,4,7,9-10H2,1H3.